The number of aromatic amines is 1. The van der Waals surface area contributed by atoms with Crippen LogP contribution in [-0.2, 0) is 38.5 Å². The zero-order valence-corrected chi connectivity index (χ0v) is 26.5. The lowest BCUT2D eigenvalue weighted by Gasteiger charge is -2.22. The van der Waals surface area contributed by atoms with Crippen LogP contribution < -0.4 is 27.7 Å². The van der Waals surface area contributed by atoms with Crippen LogP contribution >= 0.6 is 0 Å². The normalized spacial score (nSPS) is 11.4. The number of rotatable bonds is 14. The van der Waals surface area contributed by atoms with Crippen LogP contribution in [0.25, 0.3) is 33.3 Å². The monoisotopic (exact) mass is 606 g/mol. The maximum atomic E-state index is 11.0. The van der Waals surface area contributed by atoms with Gasteiger partial charge < -0.3 is 37.8 Å². The molecule has 0 spiro atoms. The van der Waals surface area contributed by atoms with E-state index in [1.807, 2.05) is 18.2 Å². The first-order valence-corrected chi connectivity index (χ1v) is 15.8. The molecule has 4 aromatic carbocycles. The fraction of sp³-hybridized carbons (Fsp3) is 0.324. The van der Waals surface area contributed by atoms with Crippen molar-refractivity contribution in [1.82, 2.24) is 9.97 Å². The van der Waals surface area contributed by atoms with Gasteiger partial charge in [0.25, 0.3) is 0 Å². The first-order valence-electron chi connectivity index (χ1n) is 15.8. The molecule has 0 saturated carbocycles. The number of methoxy groups -OCH3 is 1. The second kappa shape index (κ2) is 14.7. The highest BCUT2D eigenvalue weighted by atomic mass is 16.5. The lowest BCUT2D eigenvalue weighted by atomic mass is 9.84. The number of hydrogen-bond donors (Lipinski definition) is 6. The summed E-state index contributed by atoms with van der Waals surface area (Å²) < 4.78 is 5.66. The van der Waals surface area contributed by atoms with E-state index in [1.165, 1.54) is 11.1 Å². The quantitative estimate of drug-likeness (QED) is 0.107. The minimum atomic E-state index is 0.295. The van der Waals surface area contributed by atoms with Gasteiger partial charge in [0, 0.05) is 6.42 Å². The van der Waals surface area contributed by atoms with Gasteiger partial charge in [0.1, 0.15) is 17.3 Å². The number of nitrogens with one attached hydrogen (secondary N) is 1. The summed E-state index contributed by atoms with van der Waals surface area (Å²) in [6.07, 6.45) is 4.11. The number of nitrogens with zero attached hydrogens (tertiary/aromatic N) is 1. The molecule has 0 aliphatic rings. The van der Waals surface area contributed by atoms with Crippen molar-refractivity contribution in [3.05, 3.63) is 99.9 Å². The van der Waals surface area contributed by atoms with E-state index in [0.29, 0.717) is 44.8 Å². The Balaban J connectivity index is 1.71. The number of aryl methyl sites for hydroxylation is 3. The average Bonchev–Trinajstić information content (AvgIpc) is 3.45. The molecule has 8 nitrogen and oxygen atoms in total. The first kappa shape index (κ1) is 32.2. The topological polar surface area (TPSA) is 162 Å². The van der Waals surface area contributed by atoms with Crippen LogP contribution in [0.2, 0.25) is 0 Å². The zero-order valence-electron chi connectivity index (χ0n) is 26.5. The number of fused-ring (bicyclic) bond motifs is 1. The summed E-state index contributed by atoms with van der Waals surface area (Å²) in [5, 5.41) is 11.0. The van der Waals surface area contributed by atoms with E-state index in [2.05, 4.69) is 54.4 Å². The van der Waals surface area contributed by atoms with E-state index in [1.54, 1.807) is 7.11 Å². The fourth-order valence-electron chi connectivity index (χ4n) is 6.52. The Morgan fingerprint density at radius 2 is 1.20 bits per heavy atom. The van der Waals surface area contributed by atoms with E-state index in [4.69, 9.17) is 32.7 Å². The van der Waals surface area contributed by atoms with Crippen molar-refractivity contribution in [2.45, 2.75) is 45.4 Å². The molecule has 8 heteroatoms. The Labute approximate surface area is 265 Å². The van der Waals surface area contributed by atoms with Crippen molar-refractivity contribution in [3.8, 4) is 33.8 Å². The molecule has 0 atom stereocenters. The molecule has 45 heavy (non-hydrogen) atoms. The van der Waals surface area contributed by atoms with Crippen LogP contribution in [0.4, 0.5) is 0 Å². The molecule has 0 radical (unpaired) electrons. The van der Waals surface area contributed by atoms with Gasteiger partial charge in [-0.25, -0.2) is 4.98 Å². The number of ether oxygens (including phenoxy) is 1. The predicted octanol–water partition coefficient (Wildman–Crippen LogP) is 4.71. The van der Waals surface area contributed by atoms with Gasteiger partial charge in [-0.3, -0.25) is 0 Å². The number of aromatic nitrogens is 2. The molecule has 0 aliphatic carbocycles. The summed E-state index contributed by atoms with van der Waals surface area (Å²) in [4.78, 5) is 8.36. The lowest BCUT2D eigenvalue weighted by Crippen LogP contribution is -2.10. The molecule has 0 amide bonds. The van der Waals surface area contributed by atoms with Crippen LogP contribution in [-0.4, -0.2) is 48.4 Å². The number of hydrogen-bond acceptors (Lipinski definition) is 7. The molecule has 0 saturated heterocycles. The molecule has 0 fully saturated rings. The fourth-order valence-corrected chi connectivity index (χ4v) is 6.52. The summed E-state index contributed by atoms with van der Waals surface area (Å²) in [5.41, 5.74) is 36.9. The standard InChI is InChI=1S/C37H46N6O2/c1-23-17-29(36-25(9-13-38)21-31(45-2)22-26(36)10-14-39)18-24(7-8-34-42-32-5-3-4-6-33(32)43-34)35(23)30-19-27(11-15-40)37(44)28(20-30)12-16-41/h3-6,17-22,44H,7-16,38-41H2,1-2H3,(H,42,43). The zero-order chi connectivity index (χ0) is 31.9. The summed E-state index contributed by atoms with van der Waals surface area (Å²) in [6.45, 7) is 4.11. The summed E-state index contributed by atoms with van der Waals surface area (Å²) in [6, 6.07) is 21.0. The molecule has 10 N–H and O–H groups in total. The highest BCUT2D eigenvalue weighted by molar-refractivity contribution is 5.81. The van der Waals surface area contributed by atoms with Crippen molar-refractivity contribution in [2.24, 2.45) is 22.9 Å². The molecular weight excluding hydrogens is 560 g/mol. The predicted molar refractivity (Wildman–Crippen MR) is 185 cm³/mol. The van der Waals surface area contributed by atoms with Crippen molar-refractivity contribution in [1.29, 1.82) is 0 Å². The number of phenolic OH excluding ortho intramolecular Hbond substituents is 1. The summed E-state index contributed by atoms with van der Waals surface area (Å²) in [5.74, 6) is 2.05. The SMILES string of the molecule is COc1cc(CCN)c(-c2cc(C)c(-c3cc(CCN)c(O)c(CCN)c3)c(CCc3nc4ccccc4[nH]3)c2)c(CCN)c1. The number of imidazole rings is 1. The van der Waals surface area contributed by atoms with E-state index >= 15 is 0 Å². The van der Waals surface area contributed by atoms with Crippen molar-refractivity contribution in [2.75, 3.05) is 33.3 Å². The van der Waals surface area contributed by atoms with Gasteiger partial charge in [-0.2, -0.15) is 0 Å². The van der Waals surface area contributed by atoms with Gasteiger partial charge in [0.15, 0.2) is 0 Å². The average molecular weight is 607 g/mol. The molecule has 5 aromatic rings. The molecule has 0 bridgehead atoms. The molecule has 1 heterocycles. The molecule has 1 aromatic heterocycles. The van der Waals surface area contributed by atoms with E-state index in [0.717, 1.165) is 92.8 Å². The van der Waals surface area contributed by atoms with Crippen LogP contribution in [0, 0.1) is 6.92 Å². The first-order chi connectivity index (χ1) is 21.9. The van der Waals surface area contributed by atoms with Crippen LogP contribution in [0.3, 0.4) is 0 Å². The second-order valence-electron chi connectivity index (χ2n) is 11.6. The maximum Gasteiger partial charge on any atom is 0.122 e. The van der Waals surface area contributed by atoms with Crippen molar-refractivity contribution in [3.63, 3.8) is 0 Å². The van der Waals surface area contributed by atoms with E-state index in [9.17, 15) is 5.11 Å². The molecular formula is C37H46N6O2. The third-order valence-electron chi connectivity index (χ3n) is 8.50. The summed E-state index contributed by atoms with van der Waals surface area (Å²) >= 11 is 0. The van der Waals surface area contributed by atoms with Crippen LogP contribution in [0.1, 0.15) is 39.2 Å². The number of phenols is 1. The molecule has 0 aliphatic heterocycles. The Hall–Kier alpha value is -4.21. The Bertz CT molecular complexity index is 1690. The molecule has 236 valence electrons. The minimum absolute atomic E-state index is 0.295. The maximum absolute atomic E-state index is 11.0. The van der Waals surface area contributed by atoms with E-state index < -0.39 is 0 Å². The minimum Gasteiger partial charge on any atom is -0.507 e. The van der Waals surface area contributed by atoms with Crippen LogP contribution in [0.15, 0.2) is 60.7 Å². The second-order valence-corrected chi connectivity index (χ2v) is 11.6. The van der Waals surface area contributed by atoms with E-state index in [-0.39, 0.29) is 0 Å². The molecule has 5 rings (SSSR count). The third kappa shape index (κ3) is 7.05. The highest BCUT2D eigenvalue weighted by Gasteiger charge is 2.20. The Kier molecular flexibility index (Phi) is 10.5. The van der Waals surface area contributed by atoms with Crippen molar-refractivity contribution >= 4 is 11.0 Å². The highest BCUT2D eigenvalue weighted by Crippen LogP contribution is 2.40. The Morgan fingerprint density at radius 1 is 0.667 bits per heavy atom. The van der Waals surface area contributed by atoms with Crippen molar-refractivity contribution < 1.29 is 9.84 Å². The van der Waals surface area contributed by atoms with Gasteiger partial charge >= 0.3 is 0 Å². The largest absolute Gasteiger partial charge is 0.507 e. The van der Waals surface area contributed by atoms with Gasteiger partial charge in [-0.05, 0) is 157 Å². The number of para-hydroxylation sites is 2. The Morgan fingerprint density at radius 3 is 1.78 bits per heavy atom. The lowest BCUT2D eigenvalue weighted by molar-refractivity contribution is 0.414. The number of nitrogens with two attached hydrogens (primary N) is 4. The number of aromatic hydroxyl groups is 1. The van der Waals surface area contributed by atoms with Gasteiger partial charge in [0.05, 0.1) is 18.1 Å². The van der Waals surface area contributed by atoms with Crippen LogP contribution in [0.5, 0.6) is 11.5 Å². The smallest absolute Gasteiger partial charge is 0.122 e. The molecule has 0 unspecified atom stereocenters. The number of H-pyrrole nitrogens is 1. The summed E-state index contributed by atoms with van der Waals surface area (Å²) in [7, 11) is 1.69. The van der Waals surface area contributed by atoms with Gasteiger partial charge in [-0.15, -0.1) is 0 Å². The van der Waals surface area contributed by atoms with Gasteiger partial charge in [-0.1, -0.05) is 24.3 Å². The number of benzene rings is 4. The van der Waals surface area contributed by atoms with Gasteiger partial charge in [0.2, 0.25) is 0 Å². The third-order valence-corrected chi connectivity index (χ3v) is 8.50.